The Morgan fingerprint density at radius 3 is 2.84 bits per heavy atom. The molecule has 96 valence electrons. The van der Waals surface area contributed by atoms with Crippen LogP contribution in [0.4, 0.5) is 4.39 Å². The molecule has 19 heavy (non-hydrogen) atoms. The molecule has 0 aliphatic heterocycles. The third-order valence-corrected chi connectivity index (χ3v) is 4.16. The summed E-state index contributed by atoms with van der Waals surface area (Å²) < 4.78 is 12.9. The zero-order valence-corrected chi connectivity index (χ0v) is 11.6. The van der Waals surface area contributed by atoms with E-state index in [1.165, 1.54) is 10.9 Å². The Balaban J connectivity index is 2.17. The van der Waals surface area contributed by atoms with Gasteiger partial charge in [-0.25, -0.2) is 19.3 Å². The van der Waals surface area contributed by atoms with E-state index in [1.807, 2.05) is 6.07 Å². The van der Waals surface area contributed by atoms with Crippen LogP contribution in [0.3, 0.4) is 0 Å². The summed E-state index contributed by atoms with van der Waals surface area (Å²) >= 11 is 7.75. The van der Waals surface area contributed by atoms with Gasteiger partial charge in [0.25, 0.3) is 0 Å². The minimum absolute atomic E-state index is 0.389. The van der Waals surface area contributed by atoms with E-state index in [2.05, 4.69) is 21.9 Å². The molecular formula is C13H9ClFN3S. The fourth-order valence-corrected chi connectivity index (χ4v) is 2.98. The number of fused-ring (bicyclic) bond motifs is 1. The highest BCUT2D eigenvalue weighted by molar-refractivity contribution is 7.18. The monoisotopic (exact) mass is 293 g/mol. The average Bonchev–Trinajstić information content (AvgIpc) is 2.83. The fourth-order valence-electron chi connectivity index (χ4n) is 1.73. The van der Waals surface area contributed by atoms with Crippen LogP contribution in [-0.2, 0) is 6.42 Å². The van der Waals surface area contributed by atoms with E-state index in [4.69, 9.17) is 11.6 Å². The van der Waals surface area contributed by atoms with Crippen molar-refractivity contribution in [3.05, 3.63) is 40.2 Å². The molecule has 0 aliphatic carbocycles. The number of nitrogens with zero attached hydrogens (tertiary/aromatic N) is 3. The largest absolute Gasteiger partial charge is 0.250 e. The molecular weight excluding hydrogens is 285 g/mol. The lowest BCUT2D eigenvalue weighted by molar-refractivity contribution is 0.621. The topological polar surface area (TPSA) is 38.7 Å². The predicted octanol–water partition coefficient (Wildman–Crippen LogP) is 4.11. The highest BCUT2D eigenvalue weighted by Crippen LogP contribution is 2.30. The van der Waals surface area contributed by atoms with E-state index in [0.717, 1.165) is 22.8 Å². The molecule has 0 unspecified atom stereocenters. The van der Waals surface area contributed by atoms with Gasteiger partial charge in [-0.1, -0.05) is 18.5 Å². The predicted molar refractivity (Wildman–Crippen MR) is 75.0 cm³/mol. The third kappa shape index (κ3) is 2.31. The van der Waals surface area contributed by atoms with Gasteiger partial charge >= 0.3 is 0 Å². The van der Waals surface area contributed by atoms with Crippen LogP contribution in [0.15, 0.2) is 24.4 Å². The number of aryl methyl sites for hydroxylation is 1. The second kappa shape index (κ2) is 4.83. The van der Waals surface area contributed by atoms with Gasteiger partial charge in [0.1, 0.15) is 21.5 Å². The first-order chi connectivity index (χ1) is 9.17. The normalized spacial score (nSPS) is 11.1. The first-order valence-electron chi connectivity index (χ1n) is 5.75. The smallest absolute Gasteiger partial charge is 0.180 e. The summed E-state index contributed by atoms with van der Waals surface area (Å²) in [5.74, 6) is 0.0299. The molecule has 0 aliphatic rings. The molecule has 3 aromatic heterocycles. The van der Waals surface area contributed by atoms with Gasteiger partial charge in [0.05, 0.1) is 6.20 Å². The van der Waals surface area contributed by atoms with E-state index >= 15 is 0 Å². The summed E-state index contributed by atoms with van der Waals surface area (Å²) in [4.78, 5) is 14.7. The first-order valence-corrected chi connectivity index (χ1v) is 6.94. The van der Waals surface area contributed by atoms with Gasteiger partial charge in [0.15, 0.2) is 5.82 Å². The molecule has 3 rings (SSSR count). The van der Waals surface area contributed by atoms with Crippen molar-refractivity contribution in [2.45, 2.75) is 13.3 Å². The standard InChI is InChI=1S/C13H9ClFN3S/c1-2-8-5-9-11(14)17-12(18-13(9)19-8)10-4-3-7(15)6-16-10/h3-6H,2H2,1H3. The fraction of sp³-hybridized carbons (Fsp3) is 0.154. The molecule has 0 N–H and O–H groups in total. The second-order valence-electron chi connectivity index (χ2n) is 3.98. The molecule has 0 saturated carbocycles. The van der Waals surface area contributed by atoms with Crippen molar-refractivity contribution in [3.8, 4) is 11.5 Å². The number of hydrogen-bond donors (Lipinski definition) is 0. The molecule has 3 heterocycles. The number of aromatic nitrogens is 3. The van der Waals surface area contributed by atoms with Crippen molar-refractivity contribution in [2.75, 3.05) is 0 Å². The summed E-state index contributed by atoms with van der Waals surface area (Å²) in [5, 5.41) is 1.26. The van der Waals surface area contributed by atoms with Crippen LogP contribution in [0.5, 0.6) is 0 Å². The first kappa shape index (κ1) is 12.4. The van der Waals surface area contributed by atoms with Crippen molar-refractivity contribution in [1.82, 2.24) is 15.0 Å². The maximum absolute atomic E-state index is 12.9. The maximum Gasteiger partial charge on any atom is 0.180 e. The van der Waals surface area contributed by atoms with Gasteiger partial charge in [-0.3, -0.25) is 0 Å². The van der Waals surface area contributed by atoms with Crippen molar-refractivity contribution >= 4 is 33.2 Å². The molecule has 0 amide bonds. The molecule has 0 saturated heterocycles. The van der Waals surface area contributed by atoms with Gasteiger partial charge in [-0.05, 0) is 24.6 Å². The zero-order valence-electron chi connectivity index (χ0n) is 10.0. The Labute approximate surface area is 118 Å². The van der Waals surface area contributed by atoms with Gasteiger partial charge in [0.2, 0.25) is 0 Å². The number of hydrogen-bond acceptors (Lipinski definition) is 4. The van der Waals surface area contributed by atoms with Crippen LogP contribution >= 0.6 is 22.9 Å². The van der Waals surface area contributed by atoms with Crippen LogP contribution in [0, 0.1) is 5.82 Å². The molecule has 0 atom stereocenters. The van der Waals surface area contributed by atoms with Crippen molar-refractivity contribution in [2.24, 2.45) is 0 Å². The van der Waals surface area contributed by atoms with Gasteiger partial charge < -0.3 is 0 Å². The maximum atomic E-state index is 12.9. The Morgan fingerprint density at radius 1 is 1.32 bits per heavy atom. The van der Waals surface area contributed by atoms with E-state index in [-0.39, 0.29) is 5.82 Å². The van der Waals surface area contributed by atoms with Gasteiger partial charge in [0, 0.05) is 10.3 Å². The summed E-state index contributed by atoms with van der Waals surface area (Å²) in [6.45, 7) is 2.08. The Kier molecular flexibility index (Phi) is 3.16. The third-order valence-electron chi connectivity index (χ3n) is 2.70. The molecule has 6 heteroatoms. The molecule has 0 bridgehead atoms. The zero-order chi connectivity index (χ0) is 13.4. The summed E-state index contributed by atoms with van der Waals surface area (Å²) in [7, 11) is 0. The van der Waals surface area contributed by atoms with Crippen LogP contribution in [0.2, 0.25) is 5.15 Å². The minimum Gasteiger partial charge on any atom is -0.250 e. The van der Waals surface area contributed by atoms with E-state index in [9.17, 15) is 4.39 Å². The van der Waals surface area contributed by atoms with Crippen molar-refractivity contribution in [3.63, 3.8) is 0 Å². The minimum atomic E-state index is -0.389. The molecule has 0 spiro atoms. The Morgan fingerprint density at radius 2 is 2.16 bits per heavy atom. The second-order valence-corrected chi connectivity index (χ2v) is 5.46. The molecule has 3 nitrogen and oxygen atoms in total. The Hall–Kier alpha value is -1.59. The van der Waals surface area contributed by atoms with E-state index in [0.29, 0.717) is 16.7 Å². The quantitative estimate of drug-likeness (QED) is 0.668. The highest BCUT2D eigenvalue weighted by atomic mass is 35.5. The highest BCUT2D eigenvalue weighted by Gasteiger charge is 2.11. The summed E-state index contributed by atoms with van der Waals surface area (Å²) in [6, 6.07) is 4.88. The SMILES string of the molecule is CCc1cc2c(Cl)nc(-c3ccc(F)cn3)nc2s1. The Bertz CT molecular complexity index is 739. The van der Waals surface area contributed by atoms with Gasteiger partial charge in [-0.2, -0.15) is 0 Å². The van der Waals surface area contributed by atoms with E-state index < -0.39 is 0 Å². The lowest BCUT2D eigenvalue weighted by atomic mass is 10.3. The average molecular weight is 294 g/mol. The molecule has 0 radical (unpaired) electrons. The summed E-state index contributed by atoms with van der Waals surface area (Å²) in [6.07, 6.45) is 2.07. The van der Waals surface area contributed by atoms with Crippen LogP contribution in [0.25, 0.3) is 21.7 Å². The number of pyridine rings is 1. The van der Waals surface area contributed by atoms with Gasteiger partial charge in [-0.15, -0.1) is 11.3 Å². The lowest BCUT2D eigenvalue weighted by Gasteiger charge is -2.00. The number of halogens is 2. The molecule has 0 fully saturated rings. The number of rotatable bonds is 2. The van der Waals surface area contributed by atoms with E-state index in [1.54, 1.807) is 17.4 Å². The lowest BCUT2D eigenvalue weighted by Crippen LogP contribution is -1.92. The molecule has 3 aromatic rings. The van der Waals surface area contributed by atoms with Crippen LogP contribution < -0.4 is 0 Å². The van der Waals surface area contributed by atoms with Crippen molar-refractivity contribution in [1.29, 1.82) is 0 Å². The number of thiophene rings is 1. The molecule has 0 aromatic carbocycles. The van der Waals surface area contributed by atoms with Crippen molar-refractivity contribution < 1.29 is 4.39 Å². The summed E-state index contributed by atoms with van der Waals surface area (Å²) in [5.41, 5.74) is 0.511. The van der Waals surface area contributed by atoms with Crippen LogP contribution in [0.1, 0.15) is 11.8 Å². The van der Waals surface area contributed by atoms with Crippen LogP contribution in [-0.4, -0.2) is 15.0 Å².